The van der Waals surface area contributed by atoms with Gasteiger partial charge in [-0.1, -0.05) is 22.9 Å². The average molecular weight is 449 g/mol. The van der Waals surface area contributed by atoms with Gasteiger partial charge in [0.1, 0.15) is 5.82 Å². The van der Waals surface area contributed by atoms with E-state index in [-0.39, 0.29) is 29.5 Å². The molecule has 0 radical (unpaired) electrons. The molecule has 1 amide bonds. The molecule has 0 aliphatic carbocycles. The topological polar surface area (TPSA) is 83.0 Å². The summed E-state index contributed by atoms with van der Waals surface area (Å²) in [5, 5.41) is 7.23. The molecule has 0 atom stereocenters. The molecule has 0 aliphatic rings. The second kappa shape index (κ2) is 9.36. The van der Waals surface area contributed by atoms with Crippen molar-refractivity contribution < 1.29 is 9.18 Å². The molecule has 0 saturated heterocycles. The molecular formula is C20H22ClFN6OS. The molecule has 2 heterocycles. The number of amides is 1. The van der Waals surface area contributed by atoms with Crippen molar-refractivity contribution >= 4 is 39.9 Å². The fourth-order valence-corrected chi connectivity index (χ4v) is 3.69. The van der Waals surface area contributed by atoms with Crippen LogP contribution in [0.25, 0.3) is 21.8 Å². The third-order valence-corrected chi connectivity index (χ3v) is 5.26. The predicted molar refractivity (Wildman–Crippen MR) is 119 cm³/mol. The van der Waals surface area contributed by atoms with Crippen molar-refractivity contribution in [1.29, 1.82) is 0 Å². The number of thiazole rings is 1. The van der Waals surface area contributed by atoms with Gasteiger partial charge in [-0.15, -0.1) is 0 Å². The molecule has 158 valence electrons. The minimum Gasteiger partial charge on any atom is -0.359 e. The van der Waals surface area contributed by atoms with Gasteiger partial charge >= 0.3 is 0 Å². The van der Waals surface area contributed by atoms with Crippen LogP contribution in [0.1, 0.15) is 13.8 Å². The number of aromatic nitrogens is 3. The number of rotatable bonds is 7. The van der Waals surface area contributed by atoms with Crippen LogP contribution in [-0.2, 0) is 4.79 Å². The molecule has 3 aromatic rings. The molecule has 0 fully saturated rings. The predicted octanol–water partition coefficient (Wildman–Crippen LogP) is 4.38. The van der Waals surface area contributed by atoms with Crippen molar-refractivity contribution in [2.45, 2.75) is 19.9 Å². The standard InChI is InChI=1S/C20H22ClFN6OS/c1-11(2)25-20-24-9-17(30-20)16-8-15(13-6-5-12(22)7-14(13)21)26-19(27-16)23-10-18(29)28(3)4/h5-9,11H,10H2,1-4H3,(H,24,25)(H,23,26,27). The van der Waals surface area contributed by atoms with Crippen molar-refractivity contribution in [2.24, 2.45) is 0 Å². The van der Waals surface area contributed by atoms with Crippen LogP contribution in [0.15, 0.2) is 30.5 Å². The molecule has 0 aliphatic heterocycles. The number of anilines is 2. The highest BCUT2D eigenvalue weighted by Crippen LogP contribution is 2.33. The zero-order valence-electron chi connectivity index (χ0n) is 17.0. The third-order valence-electron chi connectivity index (χ3n) is 4.00. The Kier molecular flexibility index (Phi) is 6.84. The number of carbonyl (C=O) groups excluding carboxylic acids is 1. The van der Waals surface area contributed by atoms with Gasteiger partial charge in [-0.2, -0.15) is 0 Å². The number of likely N-dealkylation sites (N-methyl/N-ethyl adjacent to an activating group) is 1. The Bertz CT molecular complexity index is 1060. The lowest BCUT2D eigenvalue weighted by Gasteiger charge is -2.13. The van der Waals surface area contributed by atoms with Gasteiger partial charge in [0.15, 0.2) is 5.13 Å². The lowest BCUT2D eigenvalue weighted by atomic mass is 10.1. The Labute approximate surface area is 183 Å². The van der Waals surface area contributed by atoms with E-state index in [0.29, 0.717) is 17.0 Å². The van der Waals surface area contributed by atoms with Gasteiger partial charge in [0.25, 0.3) is 0 Å². The highest BCUT2D eigenvalue weighted by molar-refractivity contribution is 7.18. The van der Waals surface area contributed by atoms with E-state index in [1.807, 2.05) is 13.8 Å². The summed E-state index contributed by atoms with van der Waals surface area (Å²) < 4.78 is 13.5. The Morgan fingerprint density at radius 2 is 1.97 bits per heavy atom. The minimum atomic E-state index is -0.431. The van der Waals surface area contributed by atoms with Crippen molar-refractivity contribution in [3.63, 3.8) is 0 Å². The second-order valence-corrected chi connectivity index (χ2v) is 8.49. The summed E-state index contributed by atoms with van der Waals surface area (Å²) in [7, 11) is 3.34. The van der Waals surface area contributed by atoms with Gasteiger partial charge in [-0.3, -0.25) is 4.79 Å². The first-order chi connectivity index (χ1) is 14.2. The molecule has 30 heavy (non-hydrogen) atoms. The van der Waals surface area contributed by atoms with Crippen LogP contribution in [0.4, 0.5) is 15.5 Å². The highest BCUT2D eigenvalue weighted by Gasteiger charge is 2.15. The Morgan fingerprint density at radius 1 is 1.23 bits per heavy atom. The molecule has 0 saturated carbocycles. The van der Waals surface area contributed by atoms with Gasteiger partial charge in [0.05, 0.1) is 27.8 Å². The molecule has 0 unspecified atom stereocenters. The van der Waals surface area contributed by atoms with Gasteiger partial charge in [0.2, 0.25) is 11.9 Å². The van der Waals surface area contributed by atoms with Gasteiger partial charge < -0.3 is 15.5 Å². The van der Waals surface area contributed by atoms with Crippen LogP contribution in [-0.4, -0.2) is 52.4 Å². The van der Waals surface area contributed by atoms with Crippen LogP contribution in [0.3, 0.4) is 0 Å². The van der Waals surface area contributed by atoms with Gasteiger partial charge in [0, 0.05) is 31.9 Å². The molecule has 10 heteroatoms. The van der Waals surface area contributed by atoms with Crippen LogP contribution < -0.4 is 10.6 Å². The molecule has 7 nitrogen and oxygen atoms in total. The summed E-state index contributed by atoms with van der Waals surface area (Å²) in [5.74, 6) is -0.281. The Hall–Kier alpha value is -2.78. The third kappa shape index (κ3) is 5.43. The molecule has 1 aromatic carbocycles. The molecule has 2 N–H and O–H groups in total. The Balaban J connectivity index is 2.01. The van der Waals surface area contributed by atoms with Gasteiger partial charge in [-0.05, 0) is 38.1 Å². The lowest BCUT2D eigenvalue weighted by molar-refractivity contribution is -0.126. The summed E-state index contributed by atoms with van der Waals surface area (Å²) in [5.41, 5.74) is 1.69. The molecular weight excluding hydrogens is 427 g/mol. The maximum Gasteiger partial charge on any atom is 0.241 e. The van der Waals surface area contributed by atoms with Crippen LogP contribution in [0, 0.1) is 5.82 Å². The number of halogens is 2. The quantitative estimate of drug-likeness (QED) is 0.558. The molecule has 2 aromatic heterocycles. The first-order valence-electron chi connectivity index (χ1n) is 9.24. The number of nitrogens with zero attached hydrogens (tertiary/aromatic N) is 4. The van der Waals surface area contributed by atoms with Crippen molar-refractivity contribution in [3.8, 4) is 21.8 Å². The smallest absolute Gasteiger partial charge is 0.241 e. The minimum absolute atomic E-state index is 0.0376. The van der Waals surface area contributed by atoms with E-state index >= 15 is 0 Å². The number of nitrogens with one attached hydrogen (secondary N) is 2. The highest BCUT2D eigenvalue weighted by atomic mass is 35.5. The van der Waals surface area contributed by atoms with Crippen molar-refractivity contribution in [2.75, 3.05) is 31.3 Å². The summed E-state index contributed by atoms with van der Waals surface area (Å²) in [6.45, 7) is 4.10. The lowest BCUT2D eigenvalue weighted by Crippen LogP contribution is -2.29. The summed E-state index contributed by atoms with van der Waals surface area (Å²) >= 11 is 7.70. The van der Waals surface area contributed by atoms with E-state index in [1.54, 1.807) is 32.4 Å². The summed E-state index contributed by atoms with van der Waals surface area (Å²) in [4.78, 5) is 27.6. The SMILES string of the molecule is CC(C)Nc1ncc(-c2cc(-c3ccc(F)cc3Cl)nc(NCC(=O)N(C)C)n2)s1. The maximum atomic E-state index is 13.5. The van der Waals surface area contributed by atoms with Crippen LogP contribution >= 0.6 is 22.9 Å². The van der Waals surface area contributed by atoms with Crippen molar-refractivity contribution in [3.05, 3.63) is 41.3 Å². The largest absolute Gasteiger partial charge is 0.359 e. The normalized spacial score (nSPS) is 10.9. The summed E-state index contributed by atoms with van der Waals surface area (Å²) in [6.07, 6.45) is 1.72. The fraction of sp³-hybridized carbons (Fsp3) is 0.300. The fourth-order valence-electron chi connectivity index (χ4n) is 2.51. The zero-order chi connectivity index (χ0) is 21.8. The van der Waals surface area contributed by atoms with E-state index in [1.165, 1.54) is 28.4 Å². The second-order valence-electron chi connectivity index (χ2n) is 7.06. The first kappa shape index (κ1) is 21.9. The maximum absolute atomic E-state index is 13.5. The van der Waals surface area contributed by atoms with Crippen molar-refractivity contribution in [1.82, 2.24) is 19.9 Å². The van der Waals surface area contributed by atoms with E-state index in [4.69, 9.17) is 11.6 Å². The molecule has 0 spiro atoms. The number of hydrogen-bond donors (Lipinski definition) is 2. The molecule has 0 bridgehead atoms. The van der Waals surface area contributed by atoms with Gasteiger partial charge in [-0.25, -0.2) is 19.3 Å². The first-order valence-corrected chi connectivity index (χ1v) is 10.4. The molecule has 3 rings (SSSR count). The monoisotopic (exact) mass is 448 g/mol. The van der Waals surface area contributed by atoms with Crippen LogP contribution in [0.5, 0.6) is 0 Å². The average Bonchev–Trinajstić information content (AvgIpc) is 3.13. The number of carbonyl (C=O) groups is 1. The van der Waals surface area contributed by atoms with E-state index in [0.717, 1.165) is 10.0 Å². The Morgan fingerprint density at radius 3 is 2.63 bits per heavy atom. The summed E-state index contributed by atoms with van der Waals surface area (Å²) in [6, 6.07) is 6.14. The van der Waals surface area contributed by atoms with E-state index in [2.05, 4.69) is 25.6 Å². The van der Waals surface area contributed by atoms with Crippen LogP contribution in [0.2, 0.25) is 5.02 Å². The number of benzene rings is 1. The zero-order valence-corrected chi connectivity index (χ0v) is 18.6. The van der Waals surface area contributed by atoms with E-state index < -0.39 is 5.82 Å². The van der Waals surface area contributed by atoms with E-state index in [9.17, 15) is 9.18 Å². The number of hydrogen-bond acceptors (Lipinski definition) is 7.